The Kier molecular flexibility index (Phi) is 4.37. The minimum atomic E-state index is -0.590. The molecule has 1 aromatic carbocycles. The summed E-state index contributed by atoms with van der Waals surface area (Å²) in [6.07, 6.45) is 0.700. The van der Waals surface area contributed by atoms with Gasteiger partial charge in [0, 0.05) is 6.92 Å². The van der Waals surface area contributed by atoms with Crippen molar-refractivity contribution >= 4 is 24.8 Å². The summed E-state index contributed by atoms with van der Waals surface area (Å²) in [6.45, 7) is 1.38. The van der Waals surface area contributed by atoms with Gasteiger partial charge in [0.15, 0.2) is 0 Å². The highest BCUT2D eigenvalue weighted by Gasteiger charge is 2.19. The quantitative estimate of drug-likeness (QED) is 0.598. The standard InChI is InChI=1S/C11H13NO2S/c1-8(14)12-10(7-13)11(15)9-5-3-2-4-6-9/h2-7,10-11,15H,1H3,(H,12,14). The van der Waals surface area contributed by atoms with Gasteiger partial charge in [0.25, 0.3) is 0 Å². The van der Waals surface area contributed by atoms with Crippen molar-refractivity contribution in [1.29, 1.82) is 0 Å². The normalized spacial score (nSPS) is 14.0. The number of rotatable bonds is 4. The number of carbonyl (C=O) groups excluding carboxylic acids is 2. The molecule has 0 aliphatic carbocycles. The predicted molar refractivity (Wildman–Crippen MR) is 61.8 cm³/mol. The first-order valence-corrected chi connectivity index (χ1v) is 5.12. The van der Waals surface area contributed by atoms with Crippen molar-refractivity contribution in [3.8, 4) is 0 Å². The van der Waals surface area contributed by atoms with Crippen molar-refractivity contribution in [2.24, 2.45) is 0 Å². The molecule has 0 saturated heterocycles. The topological polar surface area (TPSA) is 46.2 Å². The lowest BCUT2D eigenvalue weighted by molar-refractivity contribution is -0.122. The van der Waals surface area contributed by atoms with Crippen LogP contribution in [0.3, 0.4) is 0 Å². The Morgan fingerprint density at radius 2 is 2.00 bits per heavy atom. The van der Waals surface area contributed by atoms with E-state index < -0.39 is 6.04 Å². The van der Waals surface area contributed by atoms with Gasteiger partial charge in [-0.2, -0.15) is 12.6 Å². The van der Waals surface area contributed by atoms with E-state index in [1.807, 2.05) is 30.3 Å². The lowest BCUT2D eigenvalue weighted by Gasteiger charge is -2.18. The average Bonchev–Trinajstić information content (AvgIpc) is 2.26. The maximum Gasteiger partial charge on any atom is 0.217 e. The number of hydrogen-bond donors (Lipinski definition) is 2. The summed E-state index contributed by atoms with van der Waals surface area (Å²) in [5.74, 6) is -0.234. The van der Waals surface area contributed by atoms with Gasteiger partial charge in [0.05, 0.1) is 5.25 Å². The van der Waals surface area contributed by atoms with Crippen LogP contribution in [-0.2, 0) is 9.59 Å². The first-order chi connectivity index (χ1) is 7.15. The van der Waals surface area contributed by atoms with Crippen LogP contribution in [0.5, 0.6) is 0 Å². The van der Waals surface area contributed by atoms with Crippen LogP contribution < -0.4 is 5.32 Å². The Labute approximate surface area is 94.3 Å². The maximum absolute atomic E-state index is 10.8. The zero-order chi connectivity index (χ0) is 11.3. The van der Waals surface area contributed by atoms with E-state index >= 15 is 0 Å². The van der Waals surface area contributed by atoms with Gasteiger partial charge in [-0.25, -0.2) is 0 Å². The van der Waals surface area contributed by atoms with Gasteiger partial charge >= 0.3 is 0 Å². The molecule has 3 nitrogen and oxygen atoms in total. The molecule has 0 fully saturated rings. The Balaban J connectivity index is 2.77. The van der Waals surface area contributed by atoms with Gasteiger partial charge in [0.1, 0.15) is 12.3 Å². The Morgan fingerprint density at radius 1 is 1.40 bits per heavy atom. The van der Waals surface area contributed by atoms with Crippen LogP contribution >= 0.6 is 12.6 Å². The highest BCUT2D eigenvalue weighted by Crippen LogP contribution is 2.22. The molecular weight excluding hydrogens is 210 g/mol. The number of carbonyl (C=O) groups is 2. The van der Waals surface area contributed by atoms with Crippen LogP contribution in [0.15, 0.2) is 30.3 Å². The lowest BCUT2D eigenvalue weighted by Crippen LogP contribution is -2.37. The molecule has 2 atom stereocenters. The second kappa shape index (κ2) is 5.56. The Morgan fingerprint density at radius 3 is 2.47 bits per heavy atom. The molecule has 2 unspecified atom stereocenters. The molecule has 0 saturated carbocycles. The monoisotopic (exact) mass is 223 g/mol. The van der Waals surface area contributed by atoms with Gasteiger partial charge in [-0.3, -0.25) is 4.79 Å². The van der Waals surface area contributed by atoms with E-state index in [1.54, 1.807) is 0 Å². The molecule has 1 N–H and O–H groups in total. The summed E-state index contributed by atoms with van der Waals surface area (Å²) >= 11 is 4.32. The highest BCUT2D eigenvalue weighted by molar-refractivity contribution is 7.80. The molecule has 80 valence electrons. The first-order valence-electron chi connectivity index (χ1n) is 4.60. The van der Waals surface area contributed by atoms with E-state index in [-0.39, 0.29) is 11.2 Å². The average molecular weight is 223 g/mol. The third-order valence-electron chi connectivity index (χ3n) is 2.00. The third kappa shape index (κ3) is 3.40. The molecule has 0 aliphatic rings. The SMILES string of the molecule is CC(=O)NC(C=O)C(S)c1ccccc1. The van der Waals surface area contributed by atoms with Crippen LogP contribution in [0.1, 0.15) is 17.7 Å². The van der Waals surface area contributed by atoms with E-state index in [0.717, 1.165) is 5.56 Å². The van der Waals surface area contributed by atoms with E-state index in [1.165, 1.54) is 6.92 Å². The van der Waals surface area contributed by atoms with Gasteiger partial charge in [-0.1, -0.05) is 30.3 Å². The van der Waals surface area contributed by atoms with Crippen LogP contribution in [0.2, 0.25) is 0 Å². The number of hydrogen-bond acceptors (Lipinski definition) is 3. The number of aldehydes is 1. The predicted octanol–water partition coefficient (Wildman–Crippen LogP) is 1.36. The number of amides is 1. The van der Waals surface area contributed by atoms with Crippen LogP contribution in [0.25, 0.3) is 0 Å². The van der Waals surface area contributed by atoms with Crippen LogP contribution in [0.4, 0.5) is 0 Å². The molecule has 1 amide bonds. The summed E-state index contributed by atoms with van der Waals surface area (Å²) < 4.78 is 0. The fourth-order valence-corrected chi connectivity index (χ4v) is 1.60. The van der Waals surface area contributed by atoms with E-state index in [9.17, 15) is 9.59 Å². The van der Waals surface area contributed by atoms with E-state index in [2.05, 4.69) is 17.9 Å². The summed E-state index contributed by atoms with van der Waals surface area (Å²) in [7, 11) is 0. The van der Waals surface area contributed by atoms with Crippen molar-refractivity contribution in [2.45, 2.75) is 18.2 Å². The van der Waals surface area contributed by atoms with Crippen molar-refractivity contribution in [3.05, 3.63) is 35.9 Å². The summed E-state index contributed by atoms with van der Waals surface area (Å²) in [4.78, 5) is 21.6. The number of nitrogens with one attached hydrogen (secondary N) is 1. The fraction of sp³-hybridized carbons (Fsp3) is 0.273. The highest BCUT2D eigenvalue weighted by atomic mass is 32.1. The van der Waals surface area contributed by atoms with Crippen molar-refractivity contribution < 1.29 is 9.59 Å². The number of thiol groups is 1. The lowest BCUT2D eigenvalue weighted by atomic mass is 10.1. The second-order valence-corrected chi connectivity index (χ2v) is 3.77. The summed E-state index contributed by atoms with van der Waals surface area (Å²) in [5, 5.41) is 2.23. The zero-order valence-corrected chi connectivity index (χ0v) is 9.28. The van der Waals surface area contributed by atoms with Gasteiger partial charge in [-0.15, -0.1) is 0 Å². The largest absolute Gasteiger partial charge is 0.345 e. The number of benzene rings is 1. The van der Waals surface area contributed by atoms with Crippen molar-refractivity contribution in [1.82, 2.24) is 5.32 Å². The van der Waals surface area contributed by atoms with Gasteiger partial charge < -0.3 is 10.1 Å². The van der Waals surface area contributed by atoms with E-state index in [4.69, 9.17) is 0 Å². The molecule has 0 radical (unpaired) electrons. The molecule has 15 heavy (non-hydrogen) atoms. The molecule has 4 heteroatoms. The minimum absolute atomic E-state index is 0.234. The second-order valence-electron chi connectivity index (χ2n) is 3.22. The summed E-state index contributed by atoms with van der Waals surface area (Å²) in [5.41, 5.74) is 0.909. The first kappa shape index (κ1) is 11.8. The van der Waals surface area contributed by atoms with E-state index in [0.29, 0.717) is 6.29 Å². The van der Waals surface area contributed by atoms with Gasteiger partial charge in [0.2, 0.25) is 5.91 Å². The smallest absolute Gasteiger partial charge is 0.217 e. The van der Waals surface area contributed by atoms with Gasteiger partial charge in [-0.05, 0) is 5.56 Å². The fourth-order valence-electron chi connectivity index (χ4n) is 1.28. The molecule has 0 spiro atoms. The van der Waals surface area contributed by atoms with Crippen molar-refractivity contribution in [2.75, 3.05) is 0 Å². The third-order valence-corrected chi connectivity index (χ3v) is 2.62. The van der Waals surface area contributed by atoms with Crippen LogP contribution in [-0.4, -0.2) is 18.2 Å². The minimum Gasteiger partial charge on any atom is -0.345 e. The zero-order valence-electron chi connectivity index (χ0n) is 8.38. The summed E-state index contributed by atoms with van der Waals surface area (Å²) in [6, 6.07) is 8.78. The molecule has 1 aromatic rings. The molecular formula is C11H13NO2S. The molecule has 0 heterocycles. The Hall–Kier alpha value is -1.29. The Bertz CT molecular complexity index is 340. The molecule has 0 aromatic heterocycles. The molecule has 0 bridgehead atoms. The molecule has 0 aliphatic heterocycles. The van der Waals surface area contributed by atoms with Crippen molar-refractivity contribution in [3.63, 3.8) is 0 Å². The molecule has 1 rings (SSSR count). The maximum atomic E-state index is 10.8. The van der Waals surface area contributed by atoms with Crippen LogP contribution in [0, 0.1) is 0 Å².